The summed E-state index contributed by atoms with van der Waals surface area (Å²) in [5, 5.41) is 6.89. The number of carbonyl (C=O) groups excluding carboxylic acids is 2. The largest absolute Gasteiger partial charge is 0.350 e. The Morgan fingerprint density at radius 2 is 1.85 bits per heavy atom. The zero-order valence-corrected chi connectivity index (χ0v) is 16.1. The van der Waals surface area contributed by atoms with E-state index >= 15 is 0 Å². The summed E-state index contributed by atoms with van der Waals surface area (Å²) < 4.78 is 25.7. The van der Waals surface area contributed by atoms with Crippen LogP contribution in [0.4, 0.5) is 0 Å². The molecule has 7 nitrogen and oxygen atoms in total. The maximum Gasteiger partial charge on any atom is 0.252 e. The van der Waals surface area contributed by atoms with Gasteiger partial charge in [0.1, 0.15) is 10.3 Å². The molecule has 140 valence electrons. The highest BCUT2D eigenvalue weighted by molar-refractivity contribution is 7.91. The molecule has 0 bridgehead atoms. The van der Waals surface area contributed by atoms with E-state index in [4.69, 9.17) is 0 Å². The molecule has 9 heteroatoms. The Balaban J connectivity index is 1.83. The molecule has 2 N–H and O–H groups in total. The lowest BCUT2D eigenvalue weighted by Gasteiger charge is -2.18. The van der Waals surface area contributed by atoms with E-state index in [0.29, 0.717) is 6.54 Å². The van der Waals surface area contributed by atoms with Gasteiger partial charge < -0.3 is 10.6 Å². The fraction of sp³-hybridized carbons (Fsp3) is 0.294. The van der Waals surface area contributed by atoms with Crippen LogP contribution in [0.5, 0.6) is 0 Å². The van der Waals surface area contributed by atoms with Gasteiger partial charge >= 0.3 is 0 Å². The van der Waals surface area contributed by atoms with E-state index in [1.54, 1.807) is 18.4 Å². The Kier molecular flexibility index (Phi) is 6.90. The molecule has 0 saturated carbocycles. The van der Waals surface area contributed by atoms with Crippen LogP contribution in [0, 0.1) is 0 Å². The van der Waals surface area contributed by atoms with Crippen molar-refractivity contribution in [2.75, 3.05) is 13.6 Å². The Hall–Kier alpha value is -2.23. The van der Waals surface area contributed by atoms with Gasteiger partial charge in [0.25, 0.3) is 10.0 Å². The van der Waals surface area contributed by atoms with Crippen LogP contribution in [0.15, 0.2) is 52.1 Å². The molecule has 0 aliphatic carbocycles. The Labute approximate surface area is 157 Å². The molecule has 1 atom stereocenters. The summed E-state index contributed by atoms with van der Waals surface area (Å²) in [4.78, 5) is 24.1. The van der Waals surface area contributed by atoms with Crippen molar-refractivity contribution in [3.63, 3.8) is 0 Å². The van der Waals surface area contributed by atoms with Gasteiger partial charge in [-0.2, -0.15) is 4.31 Å². The third-order valence-corrected chi connectivity index (χ3v) is 6.78. The maximum absolute atomic E-state index is 12.3. The van der Waals surface area contributed by atoms with Crippen LogP contribution in [0.1, 0.15) is 12.5 Å². The molecule has 2 rings (SSSR count). The number of nitrogens with one attached hydrogen (secondary N) is 2. The lowest BCUT2D eigenvalue weighted by molar-refractivity contribution is -0.128. The lowest BCUT2D eigenvalue weighted by atomic mass is 10.2. The second-order valence-corrected chi connectivity index (χ2v) is 8.91. The summed E-state index contributed by atoms with van der Waals surface area (Å²) >= 11 is 1.08. The summed E-state index contributed by atoms with van der Waals surface area (Å²) in [6, 6.07) is 11.7. The molecule has 0 spiro atoms. The predicted molar refractivity (Wildman–Crippen MR) is 100 cm³/mol. The van der Waals surface area contributed by atoms with E-state index < -0.39 is 22.0 Å². The second-order valence-electron chi connectivity index (χ2n) is 5.69. The van der Waals surface area contributed by atoms with Crippen molar-refractivity contribution >= 4 is 33.2 Å². The van der Waals surface area contributed by atoms with E-state index in [0.717, 1.165) is 21.2 Å². The Morgan fingerprint density at radius 3 is 2.46 bits per heavy atom. The number of thiophene rings is 1. The van der Waals surface area contributed by atoms with Crippen molar-refractivity contribution in [2.45, 2.75) is 23.7 Å². The molecule has 2 aromatic rings. The van der Waals surface area contributed by atoms with Gasteiger partial charge in [-0.3, -0.25) is 9.59 Å². The van der Waals surface area contributed by atoms with Crippen molar-refractivity contribution in [2.24, 2.45) is 0 Å². The highest BCUT2D eigenvalue weighted by atomic mass is 32.2. The van der Waals surface area contributed by atoms with Gasteiger partial charge in [-0.25, -0.2) is 8.42 Å². The Bertz CT molecular complexity index is 836. The van der Waals surface area contributed by atoms with Crippen LogP contribution in [-0.2, 0) is 26.2 Å². The molecular weight excluding hydrogens is 374 g/mol. The quantitative estimate of drug-likeness (QED) is 0.702. The predicted octanol–water partition coefficient (Wildman–Crippen LogP) is 1.19. The van der Waals surface area contributed by atoms with E-state index in [1.165, 1.54) is 13.1 Å². The number of amides is 2. The average Bonchev–Trinajstić information content (AvgIpc) is 3.15. The minimum atomic E-state index is -3.70. The standard InChI is InChI=1S/C17H21N3O4S2/c1-13(17(22)18-11-14-7-4-3-5-8-14)19-15(21)12-20(2)26(23,24)16-9-6-10-25-16/h3-10,13H,11-12H2,1-2H3,(H,18,22)(H,19,21). The molecule has 0 fully saturated rings. The number of rotatable bonds is 8. The van der Waals surface area contributed by atoms with Crippen LogP contribution in [-0.4, -0.2) is 44.2 Å². The smallest absolute Gasteiger partial charge is 0.252 e. The first-order valence-corrected chi connectivity index (χ1v) is 10.2. The van der Waals surface area contributed by atoms with Gasteiger partial charge in [-0.15, -0.1) is 11.3 Å². The summed E-state index contributed by atoms with van der Waals surface area (Å²) in [7, 11) is -2.37. The number of likely N-dealkylation sites (N-methyl/N-ethyl adjacent to an activating group) is 1. The molecule has 26 heavy (non-hydrogen) atoms. The lowest BCUT2D eigenvalue weighted by Crippen LogP contribution is -2.48. The molecule has 1 heterocycles. The zero-order valence-electron chi connectivity index (χ0n) is 14.5. The monoisotopic (exact) mass is 395 g/mol. The van der Waals surface area contributed by atoms with Gasteiger partial charge in [-0.05, 0) is 23.9 Å². The van der Waals surface area contributed by atoms with Gasteiger partial charge in [0.2, 0.25) is 11.8 Å². The zero-order chi connectivity index (χ0) is 19.2. The fourth-order valence-electron chi connectivity index (χ4n) is 2.14. The molecule has 2 amide bonds. The summed E-state index contributed by atoms with van der Waals surface area (Å²) in [5.41, 5.74) is 0.946. The minimum absolute atomic E-state index is 0.168. The van der Waals surface area contributed by atoms with E-state index in [2.05, 4.69) is 10.6 Å². The van der Waals surface area contributed by atoms with Crippen LogP contribution >= 0.6 is 11.3 Å². The molecule has 1 aromatic heterocycles. The maximum atomic E-state index is 12.3. The average molecular weight is 396 g/mol. The number of sulfonamides is 1. The number of hydrogen-bond donors (Lipinski definition) is 2. The van der Waals surface area contributed by atoms with Gasteiger partial charge in [0.15, 0.2) is 0 Å². The summed E-state index contributed by atoms with van der Waals surface area (Å²) in [6.07, 6.45) is 0. The summed E-state index contributed by atoms with van der Waals surface area (Å²) in [6.45, 7) is 1.54. The number of carbonyl (C=O) groups is 2. The number of benzene rings is 1. The van der Waals surface area contributed by atoms with Crippen molar-refractivity contribution in [3.8, 4) is 0 Å². The highest BCUT2D eigenvalue weighted by Gasteiger charge is 2.25. The normalized spacial score (nSPS) is 12.6. The topological polar surface area (TPSA) is 95.6 Å². The minimum Gasteiger partial charge on any atom is -0.350 e. The van der Waals surface area contributed by atoms with Crippen LogP contribution in [0.25, 0.3) is 0 Å². The molecule has 0 radical (unpaired) electrons. The van der Waals surface area contributed by atoms with Crippen LogP contribution < -0.4 is 10.6 Å². The van der Waals surface area contributed by atoms with Crippen molar-refractivity contribution < 1.29 is 18.0 Å². The van der Waals surface area contributed by atoms with E-state index in [9.17, 15) is 18.0 Å². The molecule has 1 unspecified atom stereocenters. The number of hydrogen-bond acceptors (Lipinski definition) is 5. The van der Waals surface area contributed by atoms with E-state index in [-0.39, 0.29) is 16.7 Å². The van der Waals surface area contributed by atoms with Crippen LogP contribution in [0.2, 0.25) is 0 Å². The first kappa shape index (κ1) is 20.1. The molecule has 0 aliphatic rings. The Morgan fingerprint density at radius 1 is 1.15 bits per heavy atom. The fourth-order valence-corrected chi connectivity index (χ4v) is 4.47. The second kappa shape index (κ2) is 8.93. The number of nitrogens with zero attached hydrogens (tertiary/aromatic N) is 1. The van der Waals surface area contributed by atoms with E-state index in [1.807, 2.05) is 30.3 Å². The molecule has 0 aliphatic heterocycles. The third-order valence-electron chi connectivity index (χ3n) is 3.61. The van der Waals surface area contributed by atoms with Gasteiger partial charge in [0, 0.05) is 13.6 Å². The first-order chi connectivity index (χ1) is 12.3. The molecular formula is C17H21N3O4S2. The molecule has 0 saturated heterocycles. The van der Waals surface area contributed by atoms with Gasteiger partial charge in [-0.1, -0.05) is 36.4 Å². The third kappa shape index (κ3) is 5.38. The highest BCUT2D eigenvalue weighted by Crippen LogP contribution is 2.19. The SMILES string of the molecule is CC(NC(=O)CN(C)S(=O)(=O)c1cccs1)C(=O)NCc1ccccc1. The van der Waals surface area contributed by atoms with Crippen molar-refractivity contribution in [3.05, 3.63) is 53.4 Å². The van der Waals surface area contributed by atoms with Crippen LogP contribution in [0.3, 0.4) is 0 Å². The van der Waals surface area contributed by atoms with Crippen molar-refractivity contribution in [1.82, 2.24) is 14.9 Å². The van der Waals surface area contributed by atoms with Crippen molar-refractivity contribution in [1.29, 1.82) is 0 Å². The first-order valence-electron chi connectivity index (χ1n) is 7.91. The summed E-state index contributed by atoms with van der Waals surface area (Å²) in [5.74, 6) is -0.888. The van der Waals surface area contributed by atoms with Gasteiger partial charge in [0.05, 0.1) is 6.54 Å². The molecule has 1 aromatic carbocycles.